The molecule has 3 heteroatoms. The molecule has 0 saturated carbocycles. The number of rotatable bonds is 4. The van der Waals surface area contributed by atoms with E-state index in [2.05, 4.69) is 6.58 Å². The first-order valence-corrected chi connectivity index (χ1v) is 2.98. The van der Waals surface area contributed by atoms with E-state index >= 15 is 0 Å². The molecule has 0 aliphatic heterocycles. The number of aliphatic hydroxyl groups is 3. The molecular formula is C7H12O3. The zero-order chi connectivity index (χ0) is 7.98. The average Bonchev–Trinajstić information content (AvgIpc) is 1.98. The highest BCUT2D eigenvalue weighted by Crippen LogP contribution is 1.93. The van der Waals surface area contributed by atoms with Crippen LogP contribution < -0.4 is 0 Å². The summed E-state index contributed by atoms with van der Waals surface area (Å²) in [5.74, 6) is 0. The summed E-state index contributed by atoms with van der Waals surface area (Å²) in [5.41, 5.74) is 0. The van der Waals surface area contributed by atoms with Crippen LogP contribution in [0.5, 0.6) is 0 Å². The summed E-state index contributed by atoms with van der Waals surface area (Å²) in [5, 5.41) is 26.0. The highest BCUT2D eigenvalue weighted by molar-refractivity contribution is 5.02. The maximum absolute atomic E-state index is 8.90. The Morgan fingerprint density at radius 3 is 2.40 bits per heavy atom. The molecule has 0 fully saturated rings. The van der Waals surface area contributed by atoms with Crippen molar-refractivity contribution in [3.63, 3.8) is 0 Å². The average molecular weight is 144 g/mol. The largest absolute Gasteiger partial charge is 0.394 e. The SMILES string of the molecule is C=CC=CC(O)C(O)CO. The predicted octanol–water partition coefficient (Wildman–Crippen LogP) is -0.557. The number of aliphatic hydroxyl groups excluding tert-OH is 3. The standard InChI is InChI=1S/C7H12O3/c1-2-3-4-6(9)7(10)5-8/h2-4,6-10H,1,5H2. The van der Waals surface area contributed by atoms with Gasteiger partial charge >= 0.3 is 0 Å². The van der Waals surface area contributed by atoms with Crippen molar-refractivity contribution in [3.8, 4) is 0 Å². The van der Waals surface area contributed by atoms with E-state index < -0.39 is 18.8 Å². The molecule has 0 radical (unpaired) electrons. The van der Waals surface area contributed by atoms with Gasteiger partial charge in [0.2, 0.25) is 0 Å². The Balaban J connectivity index is 3.70. The number of allylic oxidation sites excluding steroid dienone is 2. The summed E-state index contributed by atoms with van der Waals surface area (Å²) in [6, 6.07) is 0. The highest BCUT2D eigenvalue weighted by Gasteiger charge is 2.09. The molecule has 0 heterocycles. The third-order valence-electron chi connectivity index (χ3n) is 1.03. The Bertz CT molecular complexity index is 120. The quantitative estimate of drug-likeness (QED) is 0.464. The minimum absolute atomic E-state index is 0.442. The fourth-order valence-corrected chi connectivity index (χ4v) is 0.429. The Labute approximate surface area is 59.9 Å². The van der Waals surface area contributed by atoms with Crippen molar-refractivity contribution >= 4 is 0 Å². The molecule has 2 atom stereocenters. The van der Waals surface area contributed by atoms with Crippen LogP contribution in [0, 0.1) is 0 Å². The van der Waals surface area contributed by atoms with Crippen LogP contribution in [-0.2, 0) is 0 Å². The van der Waals surface area contributed by atoms with Crippen LogP contribution in [0.25, 0.3) is 0 Å². The topological polar surface area (TPSA) is 60.7 Å². The van der Waals surface area contributed by atoms with E-state index in [1.165, 1.54) is 18.2 Å². The van der Waals surface area contributed by atoms with E-state index in [1.807, 2.05) is 0 Å². The van der Waals surface area contributed by atoms with E-state index in [9.17, 15) is 0 Å². The monoisotopic (exact) mass is 144 g/mol. The molecule has 0 aliphatic carbocycles. The van der Waals surface area contributed by atoms with Crippen LogP contribution >= 0.6 is 0 Å². The molecule has 0 spiro atoms. The van der Waals surface area contributed by atoms with Crippen molar-refractivity contribution in [1.82, 2.24) is 0 Å². The van der Waals surface area contributed by atoms with E-state index in [1.54, 1.807) is 0 Å². The molecule has 58 valence electrons. The fourth-order valence-electron chi connectivity index (χ4n) is 0.429. The lowest BCUT2D eigenvalue weighted by Crippen LogP contribution is -2.27. The van der Waals surface area contributed by atoms with Crippen LogP contribution in [0.2, 0.25) is 0 Å². The van der Waals surface area contributed by atoms with Gasteiger partial charge in [0.1, 0.15) is 12.2 Å². The lowest BCUT2D eigenvalue weighted by Gasteiger charge is -2.09. The third kappa shape index (κ3) is 3.40. The second-order valence-corrected chi connectivity index (χ2v) is 1.86. The van der Waals surface area contributed by atoms with Crippen molar-refractivity contribution < 1.29 is 15.3 Å². The first-order chi connectivity index (χ1) is 4.72. The van der Waals surface area contributed by atoms with Gasteiger partial charge in [-0.25, -0.2) is 0 Å². The van der Waals surface area contributed by atoms with Crippen molar-refractivity contribution in [2.75, 3.05) is 6.61 Å². The first kappa shape index (κ1) is 9.36. The molecule has 0 aromatic carbocycles. The van der Waals surface area contributed by atoms with Crippen LogP contribution in [-0.4, -0.2) is 34.1 Å². The second-order valence-electron chi connectivity index (χ2n) is 1.86. The Morgan fingerprint density at radius 2 is 2.00 bits per heavy atom. The van der Waals surface area contributed by atoms with Gasteiger partial charge in [0.15, 0.2) is 0 Å². The van der Waals surface area contributed by atoms with Gasteiger partial charge in [0, 0.05) is 0 Å². The van der Waals surface area contributed by atoms with Gasteiger partial charge in [-0.15, -0.1) is 0 Å². The maximum Gasteiger partial charge on any atom is 0.106 e. The van der Waals surface area contributed by atoms with Crippen LogP contribution in [0.3, 0.4) is 0 Å². The fraction of sp³-hybridized carbons (Fsp3) is 0.429. The second kappa shape index (κ2) is 5.17. The molecule has 3 nitrogen and oxygen atoms in total. The van der Waals surface area contributed by atoms with Crippen molar-refractivity contribution in [3.05, 3.63) is 24.8 Å². The molecule has 0 bridgehead atoms. The van der Waals surface area contributed by atoms with Gasteiger partial charge in [0.25, 0.3) is 0 Å². The lowest BCUT2D eigenvalue weighted by molar-refractivity contribution is 0.00949. The highest BCUT2D eigenvalue weighted by atomic mass is 16.4. The van der Waals surface area contributed by atoms with Gasteiger partial charge in [-0.1, -0.05) is 24.8 Å². The Morgan fingerprint density at radius 1 is 1.40 bits per heavy atom. The molecule has 0 amide bonds. The summed E-state index contributed by atoms with van der Waals surface area (Å²) >= 11 is 0. The number of hydrogen-bond donors (Lipinski definition) is 3. The smallest absolute Gasteiger partial charge is 0.106 e. The van der Waals surface area contributed by atoms with Crippen LogP contribution in [0.1, 0.15) is 0 Å². The maximum atomic E-state index is 8.90. The molecule has 2 unspecified atom stereocenters. The van der Waals surface area contributed by atoms with Gasteiger partial charge < -0.3 is 15.3 Å². The van der Waals surface area contributed by atoms with Gasteiger partial charge in [-0.3, -0.25) is 0 Å². The lowest BCUT2D eigenvalue weighted by atomic mass is 10.2. The Kier molecular flexibility index (Phi) is 4.84. The molecule has 0 aromatic rings. The Hall–Kier alpha value is -0.640. The predicted molar refractivity (Wildman–Crippen MR) is 38.4 cm³/mol. The minimum Gasteiger partial charge on any atom is -0.394 e. The molecule has 0 aromatic heterocycles. The third-order valence-corrected chi connectivity index (χ3v) is 1.03. The summed E-state index contributed by atoms with van der Waals surface area (Å²) in [6.45, 7) is 2.93. The van der Waals surface area contributed by atoms with Crippen molar-refractivity contribution in [2.24, 2.45) is 0 Å². The summed E-state index contributed by atoms with van der Waals surface area (Å²) in [4.78, 5) is 0. The zero-order valence-electron chi connectivity index (χ0n) is 5.64. The first-order valence-electron chi connectivity index (χ1n) is 2.98. The van der Waals surface area contributed by atoms with Gasteiger partial charge in [-0.2, -0.15) is 0 Å². The van der Waals surface area contributed by atoms with E-state index in [0.717, 1.165) is 0 Å². The van der Waals surface area contributed by atoms with E-state index in [4.69, 9.17) is 15.3 Å². The van der Waals surface area contributed by atoms with Gasteiger partial charge in [0.05, 0.1) is 6.61 Å². The summed E-state index contributed by atoms with van der Waals surface area (Å²) in [6.07, 6.45) is 2.23. The van der Waals surface area contributed by atoms with Crippen LogP contribution in [0.15, 0.2) is 24.8 Å². The number of hydrogen-bond acceptors (Lipinski definition) is 3. The minimum atomic E-state index is -1.10. The van der Waals surface area contributed by atoms with Gasteiger partial charge in [-0.05, 0) is 0 Å². The molecule has 0 aliphatic rings. The zero-order valence-corrected chi connectivity index (χ0v) is 5.64. The van der Waals surface area contributed by atoms with Crippen molar-refractivity contribution in [2.45, 2.75) is 12.2 Å². The van der Waals surface area contributed by atoms with E-state index in [-0.39, 0.29) is 0 Å². The van der Waals surface area contributed by atoms with Crippen LogP contribution in [0.4, 0.5) is 0 Å². The molecule has 10 heavy (non-hydrogen) atoms. The molecule has 0 rings (SSSR count). The van der Waals surface area contributed by atoms with E-state index in [0.29, 0.717) is 0 Å². The normalized spacial score (nSPS) is 17.1. The molecule has 0 saturated heterocycles. The summed E-state index contributed by atoms with van der Waals surface area (Å²) in [7, 11) is 0. The molecular weight excluding hydrogens is 132 g/mol. The van der Waals surface area contributed by atoms with Crippen molar-refractivity contribution in [1.29, 1.82) is 0 Å². The molecule has 3 N–H and O–H groups in total. The summed E-state index contributed by atoms with van der Waals surface area (Å²) < 4.78 is 0.